The number of carboxylic acids is 1. The Hall–Kier alpha value is -2.08. The van der Waals surface area contributed by atoms with Crippen molar-refractivity contribution >= 4 is 29.4 Å². The molecule has 7 heteroatoms. The van der Waals surface area contributed by atoms with Gasteiger partial charge in [0.2, 0.25) is 0 Å². The first-order chi connectivity index (χ1) is 7.41. The Labute approximate surface area is 95.5 Å². The van der Waals surface area contributed by atoms with E-state index in [0.29, 0.717) is 0 Å². The van der Waals surface area contributed by atoms with Crippen LogP contribution >= 0.6 is 11.6 Å². The number of aromatic carboxylic acids is 1. The number of benzene rings is 1. The number of aliphatic imine (C=N–C) groups is 1. The Morgan fingerprint density at radius 3 is 2.44 bits per heavy atom. The van der Waals surface area contributed by atoms with Crippen LogP contribution in [0, 0.1) is 0 Å². The van der Waals surface area contributed by atoms with Crippen molar-refractivity contribution in [2.75, 3.05) is 0 Å². The van der Waals surface area contributed by atoms with Gasteiger partial charge in [-0.3, -0.25) is 4.79 Å². The zero-order valence-electron chi connectivity index (χ0n) is 7.98. The number of hydrogen-bond donors (Lipinski definition) is 3. The van der Waals surface area contributed by atoms with Crippen LogP contribution in [0.1, 0.15) is 20.7 Å². The lowest BCUT2D eigenvalue weighted by atomic mass is 10.1. The van der Waals surface area contributed by atoms with Gasteiger partial charge in [0, 0.05) is 5.56 Å². The van der Waals surface area contributed by atoms with Crippen molar-refractivity contribution in [1.82, 2.24) is 0 Å². The van der Waals surface area contributed by atoms with Crippen LogP contribution in [0.3, 0.4) is 0 Å². The minimum absolute atomic E-state index is 0.0359. The lowest BCUT2D eigenvalue weighted by Gasteiger charge is -2.01. The zero-order valence-corrected chi connectivity index (χ0v) is 8.73. The molecule has 5 N–H and O–H groups in total. The maximum absolute atomic E-state index is 11.4. The highest BCUT2D eigenvalue weighted by Gasteiger charge is 2.12. The van der Waals surface area contributed by atoms with Gasteiger partial charge in [-0.2, -0.15) is 4.99 Å². The summed E-state index contributed by atoms with van der Waals surface area (Å²) in [7, 11) is 0. The number of amides is 1. The van der Waals surface area contributed by atoms with Crippen LogP contribution in [-0.2, 0) is 0 Å². The lowest BCUT2D eigenvalue weighted by molar-refractivity contribution is 0.0697. The molecule has 1 amide bonds. The molecule has 0 bridgehead atoms. The molecular weight excluding hydrogens is 234 g/mol. The summed E-state index contributed by atoms with van der Waals surface area (Å²) in [6, 6.07) is 3.74. The Morgan fingerprint density at radius 2 is 1.94 bits per heavy atom. The maximum atomic E-state index is 11.4. The molecule has 0 radical (unpaired) electrons. The van der Waals surface area contributed by atoms with Gasteiger partial charge in [-0.1, -0.05) is 11.6 Å². The van der Waals surface area contributed by atoms with Crippen molar-refractivity contribution in [3.8, 4) is 0 Å². The van der Waals surface area contributed by atoms with Gasteiger partial charge in [0.1, 0.15) is 0 Å². The normalized spacial score (nSPS) is 9.56. The maximum Gasteiger partial charge on any atom is 0.337 e. The molecule has 0 fully saturated rings. The number of rotatable bonds is 2. The number of carboxylic acid groups (broad SMARTS) is 1. The van der Waals surface area contributed by atoms with Crippen molar-refractivity contribution in [1.29, 1.82) is 0 Å². The number of carbonyl (C=O) groups excluding carboxylic acids is 1. The van der Waals surface area contributed by atoms with E-state index < -0.39 is 17.8 Å². The number of nitrogens with two attached hydrogens (primary N) is 2. The second-order valence-electron chi connectivity index (χ2n) is 2.84. The van der Waals surface area contributed by atoms with Crippen molar-refractivity contribution in [2.24, 2.45) is 16.5 Å². The minimum atomic E-state index is -1.23. The van der Waals surface area contributed by atoms with Crippen LogP contribution in [0.2, 0.25) is 5.02 Å². The van der Waals surface area contributed by atoms with Crippen LogP contribution in [0.25, 0.3) is 0 Å². The Morgan fingerprint density at radius 1 is 1.31 bits per heavy atom. The number of halogens is 1. The van der Waals surface area contributed by atoms with Gasteiger partial charge in [-0.15, -0.1) is 0 Å². The van der Waals surface area contributed by atoms with E-state index in [4.69, 9.17) is 28.2 Å². The Bertz CT molecular complexity index is 481. The van der Waals surface area contributed by atoms with E-state index in [2.05, 4.69) is 4.99 Å². The summed E-state index contributed by atoms with van der Waals surface area (Å²) in [5.74, 6) is -2.35. The van der Waals surface area contributed by atoms with Gasteiger partial charge in [-0.05, 0) is 18.2 Å². The van der Waals surface area contributed by atoms with E-state index in [0.717, 1.165) is 6.07 Å². The van der Waals surface area contributed by atoms with E-state index in [1.807, 2.05) is 0 Å². The number of hydrogen-bond acceptors (Lipinski definition) is 2. The molecule has 84 valence electrons. The average molecular weight is 242 g/mol. The molecule has 0 saturated heterocycles. The van der Waals surface area contributed by atoms with Gasteiger partial charge in [0.05, 0.1) is 10.6 Å². The highest BCUT2D eigenvalue weighted by molar-refractivity contribution is 6.33. The number of nitrogens with zero attached hydrogens (tertiary/aromatic N) is 1. The van der Waals surface area contributed by atoms with Crippen LogP contribution in [-0.4, -0.2) is 22.9 Å². The monoisotopic (exact) mass is 241 g/mol. The van der Waals surface area contributed by atoms with Crippen molar-refractivity contribution in [3.63, 3.8) is 0 Å². The van der Waals surface area contributed by atoms with E-state index in [1.54, 1.807) is 0 Å². The highest BCUT2D eigenvalue weighted by atomic mass is 35.5. The predicted molar refractivity (Wildman–Crippen MR) is 58.6 cm³/mol. The highest BCUT2D eigenvalue weighted by Crippen LogP contribution is 2.18. The smallest absolute Gasteiger partial charge is 0.337 e. The fourth-order valence-corrected chi connectivity index (χ4v) is 1.20. The quantitative estimate of drug-likeness (QED) is 0.513. The van der Waals surface area contributed by atoms with Gasteiger partial charge < -0.3 is 16.6 Å². The largest absolute Gasteiger partial charge is 0.478 e. The van der Waals surface area contributed by atoms with Crippen LogP contribution in [0.4, 0.5) is 0 Å². The predicted octanol–water partition coefficient (Wildman–Crippen LogP) is 0.452. The standard InChI is InChI=1S/C9H8ClN3O3/c10-6-2-1-4(3-5(6)8(15)16)7(14)13-9(11)12/h1-3H,(H,15,16)(H4,11,12,13,14). The summed E-state index contributed by atoms with van der Waals surface area (Å²) < 4.78 is 0. The molecule has 0 aliphatic carbocycles. The first kappa shape index (κ1) is 12.0. The van der Waals surface area contributed by atoms with Gasteiger partial charge >= 0.3 is 5.97 Å². The lowest BCUT2D eigenvalue weighted by Crippen LogP contribution is -2.24. The molecule has 0 heterocycles. The van der Waals surface area contributed by atoms with Crippen molar-refractivity contribution < 1.29 is 14.7 Å². The average Bonchev–Trinajstić information content (AvgIpc) is 2.16. The topological polar surface area (TPSA) is 119 Å². The molecule has 0 spiro atoms. The molecule has 1 aromatic carbocycles. The second-order valence-corrected chi connectivity index (χ2v) is 3.25. The van der Waals surface area contributed by atoms with Gasteiger partial charge in [0.15, 0.2) is 5.96 Å². The van der Waals surface area contributed by atoms with E-state index in [1.165, 1.54) is 12.1 Å². The van der Waals surface area contributed by atoms with Gasteiger partial charge in [-0.25, -0.2) is 4.79 Å². The summed E-state index contributed by atoms with van der Waals surface area (Å²) in [5, 5.41) is 8.81. The van der Waals surface area contributed by atoms with E-state index in [9.17, 15) is 9.59 Å². The van der Waals surface area contributed by atoms with Crippen LogP contribution in [0.15, 0.2) is 23.2 Å². The first-order valence-corrected chi connectivity index (χ1v) is 4.46. The van der Waals surface area contributed by atoms with E-state index in [-0.39, 0.29) is 16.1 Å². The fraction of sp³-hybridized carbons (Fsp3) is 0. The summed E-state index contributed by atoms with van der Waals surface area (Å²) >= 11 is 5.62. The molecule has 0 saturated carbocycles. The van der Waals surface area contributed by atoms with E-state index >= 15 is 0 Å². The third-order valence-corrected chi connectivity index (χ3v) is 2.00. The summed E-state index contributed by atoms with van der Waals surface area (Å²) in [6.45, 7) is 0. The minimum Gasteiger partial charge on any atom is -0.478 e. The fourth-order valence-electron chi connectivity index (χ4n) is 1.00. The van der Waals surface area contributed by atoms with Gasteiger partial charge in [0.25, 0.3) is 5.91 Å². The third-order valence-electron chi connectivity index (χ3n) is 1.67. The van der Waals surface area contributed by atoms with Crippen molar-refractivity contribution in [2.45, 2.75) is 0 Å². The summed E-state index contributed by atoms with van der Waals surface area (Å²) in [4.78, 5) is 25.4. The van der Waals surface area contributed by atoms with Crippen LogP contribution < -0.4 is 11.5 Å². The molecule has 1 rings (SSSR count). The number of guanidine groups is 1. The zero-order chi connectivity index (χ0) is 12.3. The summed E-state index contributed by atoms with van der Waals surface area (Å²) in [5.41, 5.74) is 9.91. The number of carbonyl (C=O) groups is 2. The third kappa shape index (κ3) is 2.71. The Kier molecular flexibility index (Phi) is 3.47. The SMILES string of the molecule is NC(N)=NC(=O)c1ccc(Cl)c(C(=O)O)c1. The molecule has 0 atom stereocenters. The molecule has 0 unspecified atom stereocenters. The summed E-state index contributed by atoms with van der Waals surface area (Å²) in [6.07, 6.45) is 0. The molecule has 0 aliphatic heterocycles. The molecule has 1 aromatic rings. The molecular formula is C9H8ClN3O3. The molecule has 0 aromatic heterocycles. The Balaban J connectivity index is 3.18. The molecule has 0 aliphatic rings. The molecule has 16 heavy (non-hydrogen) atoms. The van der Waals surface area contributed by atoms with Crippen LogP contribution in [0.5, 0.6) is 0 Å². The van der Waals surface area contributed by atoms with Crippen molar-refractivity contribution in [3.05, 3.63) is 34.3 Å². The second kappa shape index (κ2) is 4.63. The first-order valence-electron chi connectivity index (χ1n) is 4.08. The molecule has 6 nitrogen and oxygen atoms in total.